The standard InChI is InChI=1S/C22H35N3O2.2ClH/c1-18(20-8-5-9-23-16-20)14-22(26)24-21(15-19-6-3-2-4-7-19)17-25-10-12-27-13-11-25;;/h2-4,6-7,18,20-21,23H,5,8-17H2,1H3,(H,24,26);2*1H. The zero-order chi connectivity index (χ0) is 18.9. The van der Waals surface area contributed by atoms with Gasteiger partial charge in [-0.25, -0.2) is 0 Å². The molecule has 2 N–H and O–H groups in total. The lowest BCUT2D eigenvalue weighted by molar-refractivity contribution is -0.123. The third kappa shape index (κ3) is 9.22. The summed E-state index contributed by atoms with van der Waals surface area (Å²) in [5.74, 6) is 1.25. The predicted molar refractivity (Wildman–Crippen MR) is 123 cm³/mol. The van der Waals surface area contributed by atoms with E-state index in [1.807, 2.05) is 6.07 Å². The van der Waals surface area contributed by atoms with Crippen molar-refractivity contribution in [1.29, 1.82) is 0 Å². The highest BCUT2D eigenvalue weighted by atomic mass is 35.5. The minimum absolute atomic E-state index is 0. The number of hydrogen-bond donors (Lipinski definition) is 2. The minimum Gasteiger partial charge on any atom is -0.379 e. The summed E-state index contributed by atoms with van der Waals surface area (Å²) in [5, 5.41) is 6.81. The molecule has 0 aromatic heterocycles. The second-order valence-corrected chi connectivity index (χ2v) is 8.15. The van der Waals surface area contributed by atoms with Crippen LogP contribution in [0.4, 0.5) is 0 Å². The molecule has 29 heavy (non-hydrogen) atoms. The normalized spacial score (nSPS) is 21.9. The van der Waals surface area contributed by atoms with Crippen molar-refractivity contribution in [2.45, 2.75) is 38.6 Å². The van der Waals surface area contributed by atoms with Gasteiger partial charge in [0.1, 0.15) is 0 Å². The lowest BCUT2D eigenvalue weighted by atomic mass is 9.85. The van der Waals surface area contributed by atoms with Crippen molar-refractivity contribution in [3.63, 3.8) is 0 Å². The first-order chi connectivity index (χ1) is 13.2. The number of nitrogens with one attached hydrogen (secondary N) is 2. The summed E-state index contributed by atoms with van der Waals surface area (Å²) in [5.41, 5.74) is 1.28. The number of piperidine rings is 1. The Morgan fingerprint density at radius 3 is 2.62 bits per heavy atom. The molecule has 2 fully saturated rings. The Hall–Kier alpha value is -0.850. The van der Waals surface area contributed by atoms with Gasteiger partial charge in [0.25, 0.3) is 0 Å². The van der Waals surface area contributed by atoms with Crippen molar-refractivity contribution in [2.75, 3.05) is 45.9 Å². The molecule has 3 rings (SSSR count). The van der Waals surface area contributed by atoms with Crippen LogP contribution in [-0.4, -0.2) is 62.8 Å². The van der Waals surface area contributed by atoms with Crippen molar-refractivity contribution in [2.24, 2.45) is 11.8 Å². The van der Waals surface area contributed by atoms with Crippen LogP contribution < -0.4 is 10.6 Å². The monoisotopic (exact) mass is 445 g/mol. The van der Waals surface area contributed by atoms with Crippen LogP contribution in [0, 0.1) is 11.8 Å². The third-order valence-electron chi connectivity index (χ3n) is 5.92. The first kappa shape index (κ1) is 26.2. The number of hydrogen-bond acceptors (Lipinski definition) is 4. The molecule has 2 aliphatic heterocycles. The van der Waals surface area contributed by atoms with Gasteiger partial charge in [-0.2, -0.15) is 0 Å². The van der Waals surface area contributed by atoms with E-state index in [1.165, 1.54) is 18.4 Å². The van der Waals surface area contributed by atoms with Crippen molar-refractivity contribution in [3.8, 4) is 0 Å². The van der Waals surface area contributed by atoms with Gasteiger partial charge in [0, 0.05) is 32.1 Å². The maximum Gasteiger partial charge on any atom is 0.220 e. The Kier molecular flexibility index (Phi) is 12.8. The van der Waals surface area contributed by atoms with Crippen LogP contribution in [-0.2, 0) is 16.0 Å². The molecule has 0 saturated carbocycles. The number of amides is 1. The Balaban J connectivity index is 0.00000210. The van der Waals surface area contributed by atoms with Gasteiger partial charge in [-0.05, 0) is 49.8 Å². The van der Waals surface area contributed by atoms with Crippen LogP contribution in [0.5, 0.6) is 0 Å². The van der Waals surface area contributed by atoms with Crippen LogP contribution in [0.1, 0.15) is 31.7 Å². The fourth-order valence-electron chi connectivity index (χ4n) is 4.27. The van der Waals surface area contributed by atoms with E-state index in [1.54, 1.807) is 0 Å². The number of rotatable bonds is 8. The molecule has 0 bridgehead atoms. The lowest BCUT2D eigenvalue weighted by Gasteiger charge is -2.32. The molecule has 1 aromatic rings. The largest absolute Gasteiger partial charge is 0.379 e. The Morgan fingerprint density at radius 1 is 1.24 bits per heavy atom. The molecule has 5 nitrogen and oxygen atoms in total. The Labute approximate surface area is 188 Å². The maximum absolute atomic E-state index is 12.8. The highest BCUT2D eigenvalue weighted by Crippen LogP contribution is 2.22. The number of ether oxygens (including phenoxy) is 1. The summed E-state index contributed by atoms with van der Waals surface area (Å²) in [6.07, 6.45) is 3.97. The summed E-state index contributed by atoms with van der Waals surface area (Å²) < 4.78 is 5.47. The summed E-state index contributed by atoms with van der Waals surface area (Å²) in [7, 11) is 0. The van der Waals surface area contributed by atoms with E-state index in [9.17, 15) is 4.79 Å². The SMILES string of the molecule is CC(CC(=O)NC(Cc1ccccc1)CN1CCOCC1)C1CCCNC1.Cl.Cl. The zero-order valence-electron chi connectivity index (χ0n) is 17.5. The molecule has 2 saturated heterocycles. The van der Waals surface area contributed by atoms with E-state index in [0.29, 0.717) is 18.3 Å². The highest BCUT2D eigenvalue weighted by molar-refractivity contribution is 5.85. The average molecular weight is 446 g/mol. The molecule has 0 spiro atoms. The van der Waals surface area contributed by atoms with Crippen molar-refractivity contribution in [1.82, 2.24) is 15.5 Å². The zero-order valence-corrected chi connectivity index (χ0v) is 19.1. The van der Waals surface area contributed by atoms with E-state index >= 15 is 0 Å². The van der Waals surface area contributed by atoms with E-state index < -0.39 is 0 Å². The highest BCUT2D eigenvalue weighted by Gasteiger charge is 2.24. The number of benzene rings is 1. The average Bonchev–Trinajstić information content (AvgIpc) is 2.70. The minimum atomic E-state index is 0. The van der Waals surface area contributed by atoms with Crippen LogP contribution in [0.25, 0.3) is 0 Å². The number of nitrogens with zero attached hydrogens (tertiary/aromatic N) is 1. The summed E-state index contributed by atoms with van der Waals surface area (Å²) >= 11 is 0. The van der Waals surface area contributed by atoms with Crippen LogP contribution in [0.3, 0.4) is 0 Å². The summed E-state index contributed by atoms with van der Waals surface area (Å²) in [6.45, 7) is 8.77. The third-order valence-corrected chi connectivity index (χ3v) is 5.92. The second kappa shape index (κ2) is 14.2. The second-order valence-electron chi connectivity index (χ2n) is 8.15. The van der Waals surface area contributed by atoms with E-state index in [4.69, 9.17) is 4.74 Å². The first-order valence-corrected chi connectivity index (χ1v) is 10.5. The quantitative estimate of drug-likeness (QED) is 0.645. The fourth-order valence-corrected chi connectivity index (χ4v) is 4.27. The van der Waals surface area contributed by atoms with Crippen LogP contribution >= 0.6 is 24.8 Å². The van der Waals surface area contributed by atoms with Gasteiger partial charge in [0.2, 0.25) is 5.91 Å². The van der Waals surface area contributed by atoms with Gasteiger partial charge in [-0.1, -0.05) is 37.3 Å². The fraction of sp³-hybridized carbons (Fsp3) is 0.682. The summed E-state index contributed by atoms with van der Waals surface area (Å²) in [6, 6.07) is 10.6. The van der Waals surface area contributed by atoms with Crippen molar-refractivity contribution >= 4 is 30.7 Å². The number of morpholine rings is 1. The molecule has 166 valence electrons. The number of halogens is 2. The van der Waals surface area contributed by atoms with E-state index in [0.717, 1.165) is 52.4 Å². The molecule has 1 aromatic carbocycles. The molecule has 0 radical (unpaired) electrons. The van der Waals surface area contributed by atoms with E-state index in [-0.39, 0.29) is 36.8 Å². The Bertz CT molecular complexity index is 564. The number of carbonyl (C=O) groups is 1. The molecule has 3 unspecified atom stereocenters. The molecule has 2 aliphatic rings. The van der Waals surface area contributed by atoms with Gasteiger partial charge in [-0.15, -0.1) is 24.8 Å². The van der Waals surface area contributed by atoms with Crippen LogP contribution in [0.15, 0.2) is 30.3 Å². The molecular formula is C22H37Cl2N3O2. The van der Waals surface area contributed by atoms with Crippen molar-refractivity contribution in [3.05, 3.63) is 35.9 Å². The summed E-state index contributed by atoms with van der Waals surface area (Å²) in [4.78, 5) is 15.2. The molecule has 7 heteroatoms. The lowest BCUT2D eigenvalue weighted by Crippen LogP contribution is -2.48. The first-order valence-electron chi connectivity index (χ1n) is 10.5. The molecular weight excluding hydrogens is 409 g/mol. The maximum atomic E-state index is 12.8. The molecule has 2 heterocycles. The van der Waals surface area contributed by atoms with Gasteiger partial charge in [-0.3, -0.25) is 9.69 Å². The van der Waals surface area contributed by atoms with Gasteiger partial charge >= 0.3 is 0 Å². The topological polar surface area (TPSA) is 53.6 Å². The molecule has 0 aliphatic carbocycles. The number of carbonyl (C=O) groups excluding carboxylic acids is 1. The smallest absolute Gasteiger partial charge is 0.220 e. The van der Waals surface area contributed by atoms with Gasteiger partial charge < -0.3 is 15.4 Å². The predicted octanol–water partition coefficient (Wildman–Crippen LogP) is 2.92. The van der Waals surface area contributed by atoms with Gasteiger partial charge in [0.15, 0.2) is 0 Å². The Morgan fingerprint density at radius 2 is 1.97 bits per heavy atom. The van der Waals surface area contributed by atoms with Crippen molar-refractivity contribution < 1.29 is 9.53 Å². The van der Waals surface area contributed by atoms with Gasteiger partial charge in [0.05, 0.1) is 13.2 Å². The molecule has 3 atom stereocenters. The van der Waals surface area contributed by atoms with E-state index in [2.05, 4.69) is 46.7 Å². The molecule has 1 amide bonds. The van der Waals surface area contributed by atoms with Crippen LogP contribution in [0.2, 0.25) is 0 Å².